The zero-order chi connectivity index (χ0) is 14.8. The van der Waals surface area contributed by atoms with E-state index in [-0.39, 0.29) is 5.16 Å². The Hall–Kier alpha value is -1.64. The molecule has 1 aromatic carbocycles. The van der Waals surface area contributed by atoms with E-state index in [9.17, 15) is 12.6 Å². The predicted octanol–water partition coefficient (Wildman–Crippen LogP) is 1.05. The van der Waals surface area contributed by atoms with Crippen molar-refractivity contribution in [2.24, 2.45) is 0 Å². The molecule has 8 heteroatoms. The Balaban J connectivity index is 2.22. The first-order valence-corrected chi connectivity index (χ1v) is 8.57. The molecule has 0 fully saturated rings. The van der Waals surface area contributed by atoms with Gasteiger partial charge >= 0.3 is 0 Å². The molecular formula is C12H12N2O4S2. The molecule has 1 atom stereocenters. The van der Waals surface area contributed by atoms with E-state index in [4.69, 9.17) is 4.55 Å². The Morgan fingerprint density at radius 3 is 2.40 bits per heavy atom. The smallest absolute Gasteiger partial charge is 0.246 e. The molecule has 0 aliphatic rings. The maximum atomic E-state index is 11.2. The van der Waals surface area contributed by atoms with Gasteiger partial charge in [0.15, 0.2) is 11.1 Å². The van der Waals surface area contributed by atoms with Crippen LogP contribution in [0.4, 0.5) is 0 Å². The van der Waals surface area contributed by atoms with E-state index in [2.05, 4.69) is 9.97 Å². The molecule has 1 aromatic heterocycles. The van der Waals surface area contributed by atoms with Gasteiger partial charge in [-0.05, 0) is 23.3 Å². The van der Waals surface area contributed by atoms with E-state index in [0.717, 1.165) is 17.4 Å². The molecule has 6 nitrogen and oxygen atoms in total. The lowest BCUT2D eigenvalue weighted by atomic mass is 10.1. The summed E-state index contributed by atoms with van der Waals surface area (Å²) < 4.78 is 42.5. The first-order chi connectivity index (χ1) is 9.36. The molecule has 2 rings (SSSR count). The molecule has 0 aliphatic carbocycles. The van der Waals surface area contributed by atoms with Crippen LogP contribution in [0.15, 0.2) is 46.7 Å². The van der Waals surface area contributed by atoms with Gasteiger partial charge in [-0.15, -0.1) is 0 Å². The summed E-state index contributed by atoms with van der Waals surface area (Å²) in [7, 11) is -3.41. The van der Waals surface area contributed by atoms with Crippen LogP contribution in [0.2, 0.25) is 0 Å². The second-order valence-electron chi connectivity index (χ2n) is 4.22. The summed E-state index contributed by atoms with van der Waals surface area (Å²) in [6, 6.07) is 6.66. The van der Waals surface area contributed by atoms with Crippen molar-refractivity contribution in [3.05, 3.63) is 47.8 Å². The largest absolute Gasteiger partial charge is 0.302 e. The van der Waals surface area contributed by atoms with Crippen LogP contribution in [0.3, 0.4) is 0 Å². The summed E-state index contributed by atoms with van der Waals surface area (Å²) in [5, 5.41) is -0.216. The zero-order valence-electron chi connectivity index (χ0n) is 10.6. The van der Waals surface area contributed by atoms with Gasteiger partial charge in [-0.3, -0.25) is 0 Å². The molecule has 106 valence electrons. The van der Waals surface area contributed by atoms with Gasteiger partial charge in [0.05, 0.1) is 4.90 Å². The number of hydrogen-bond acceptors (Lipinski definition) is 5. The number of rotatable bonds is 4. The fourth-order valence-electron chi connectivity index (χ4n) is 1.63. The second kappa shape index (κ2) is 5.78. The molecule has 0 radical (unpaired) electrons. The lowest BCUT2D eigenvalue weighted by Gasteiger charge is -2.03. The van der Waals surface area contributed by atoms with Crippen molar-refractivity contribution in [2.75, 3.05) is 6.26 Å². The van der Waals surface area contributed by atoms with E-state index >= 15 is 0 Å². The third-order valence-electron chi connectivity index (χ3n) is 2.52. The number of sulfone groups is 1. The highest BCUT2D eigenvalue weighted by atomic mass is 32.2. The summed E-state index contributed by atoms with van der Waals surface area (Å²) in [5.74, 6) is 0. The average molecular weight is 312 g/mol. The molecule has 20 heavy (non-hydrogen) atoms. The highest BCUT2D eigenvalue weighted by Gasteiger charge is 2.10. The fourth-order valence-corrected chi connectivity index (χ4v) is 2.56. The van der Waals surface area contributed by atoms with Crippen molar-refractivity contribution in [1.82, 2.24) is 9.97 Å². The van der Waals surface area contributed by atoms with Gasteiger partial charge in [0, 0.05) is 25.1 Å². The van der Waals surface area contributed by atoms with Gasteiger partial charge in [-0.1, -0.05) is 12.1 Å². The zero-order valence-corrected chi connectivity index (χ0v) is 12.2. The van der Waals surface area contributed by atoms with Gasteiger partial charge in [-0.2, -0.15) is 0 Å². The summed E-state index contributed by atoms with van der Waals surface area (Å²) in [4.78, 5) is 7.91. The Kier molecular flexibility index (Phi) is 4.26. The van der Waals surface area contributed by atoms with E-state index < -0.39 is 20.9 Å². The number of aromatic nitrogens is 2. The van der Waals surface area contributed by atoms with Gasteiger partial charge in [0.2, 0.25) is 15.0 Å². The van der Waals surface area contributed by atoms with Gasteiger partial charge in [-0.25, -0.2) is 22.6 Å². The molecule has 0 spiro atoms. The Bertz CT molecular complexity index is 742. The van der Waals surface area contributed by atoms with Crippen molar-refractivity contribution in [3.63, 3.8) is 0 Å². The standard InChI is InChI=1S/C12H12N2O4S2/c1-20(17,18)12-13-7-10(8-14-12)5-9-3-2-4-11(6-9)19(15)16/h2-4,6-8H,5H2,1H3,(H,15,16). The predicted molar refractivity (Wildman–Crippen MR) is 73.4 cm³/mol. The molecule has 2 aromatic rings. The fraction of sp³-hybridized carbons (Fsp3) is 0.167. The molecule has 1 unspecified atom stereocenters. The lowest BCUT2D eigenvalue weighted by molar-refractivity contribution is 0.564. The van der Waals surface area contributed by atoms with Crippen molar-refractivity contribution in [3.8, 4) is 0 Å². The van der Waals surface area contributed by atoms with Gasteiger partial charge < -0.3 is 4.55 Å². The number of hydrogen-bond donors (Lipinski definition) is 1. The van der Waals surface area contributed by atoms with Crippen molar-refractivity contribution in [1.29, 1.82) is 0 Å². The van der Waals surface area contributed by atoms with E-state index in [1.807, 2.05) is 0 Å². The van der Waals surface area contributed by atoms with Crippen molar-refractivity contribution in [2.45, 2.75) is 16.5 Å². The van der Waals surface area contributed by atoms with E-state index in [1.54, 1.807) is 24.3 Å². The Morgan fingerprint density at radius 2 is 1.85 bits per heavy atom. The topological polar surface area (TPSA) is 97.2 Å². The van der Waals surface area contributed by atoms with Gasteiger partial charge in [0.25, 0.3) is 0 Å². The van der Waals surface area contributed by atoms with Crippen LogP contribution < -0.4 is 0 Å². The minimum absolute atomic E-state index is 0.216. The Labute approximate surface area is 119 Å². The SMILES string of the molecule is CS(=O)(=O)c1ncc(Cc2cccc(S(=O)O)c2)cn1. The van der Waals surface area contributed by atoms with Crippen LogP contribution >= 0.6 is 0 Å². The van der Waals surface area contributed by atoms with Crippen molar-refractivity contribution < 1.29 is 17.2 Å². The normalized spacial score (nSPS) is 13.1. The highest BCUT2D eigenvalue weighted by Crippen LogP contribution is 2.13. The summed E-state index contributed by atoms with van der Waals surface area (Å²) in [5.41, 5.74) is 1.54. The van der Waals surface area contributed by atoms with Crippen LogP contribution in [0.5, 0.6) is 0 Å². The van der Waals surface area contributed by atoms with Crippen LogP contribution in [0.1, 0.15) is 11.1 Å². The van der Waals surface area contributed by atoms with E-state index in [1.165, 1.54) is 12.4 Å². The first-order valence-electron chi connectivity index (χ1n) is 5.57. The molecule has 0 bridgehead atoms. The van der Waals surface area contributed by atoms with Crippen LogP contribution in [0.25, 0.3) is 0 Å². The summed E-state index contributed by atoms with van der Waals surface area (Å²) in [6.07, 6.45) is 4.37. The molecular weight excluding hydrogens is 300 g/mol. The maximum Gasteiger partial charge on any atom is 0.246 e. The molecule has 1 N–H and O–H groups in total. The third kappa shape index (κ3) is 3.69. The average Bonchev–Trinajstić information content (AvgIpc) is 2.38. The minimum atomic E-state index is -3.41. The van der Waals surface area contributed by atoms with Crippen LogP contribution in [-0.4, -0.2) is 33.4 Å². The van der Waals surface area contributed by atoms with Crippen LogP contribution in [0, 0.1) is 0 Å². The van der Waals surface area contributed by atoms with Gasteiger partial charge in [0.1, 0.15) is 0 Å². The molecule has 0 amide bonds. The third-order valence-corrected chi connectivity index (χ3v) is 4.05. The molecule has 1 heterocycles. The highest BCUT2D eigenvalue weighted by molar-refractivity contribution is 7.90. The maximum absolute atomic E-state index is 11.2. The minimum Gasteiger partial charge on any atom is -0.302 e. The first kappa shape index (κ1) is 14.8. The monoisotopic (exact) mass is 312 g/mol. The number of benzene rings is 1. The van der Waals surface area contributed by atoms with Crippen molar-refractivity contribution >= 4 is 20.9 Å². The second-order valence-corrected chi connectivity index (χ2v) is 7.10. The molecule has 0 saturated carbocycles. The van der Waals surface area contributed by atoms with E-state index in [0.29, 0.717) is 11.3 Å². The Morgan fingerprint density at radius 1 is 1.20 bits per heavy atom. The number of nitrogens with zero attached hydrogens (tertiary/aromatic N) is 2. The lowest BCUT2D eigenvalue weighted by Crippen LogP contribution is -2.04. The summed E-state index contributed by atoms with van der Waals surface area (Å²) in [6.45, 7) is 0. The molecule has 0 saturated heterocycles. The van der Waals surface area contributed by atoms with Crippen LogP contribution in [-0.2, 0) is 27.3 Å². The molecule has 0 aliphatic heterocycles. The quantitative estimate of drug-likeness (QED) is 0.669. The summed E-state index contributed by atoms with van der Waals surface area (Å²) >= 11 is -2.02.